The first-order valence-corrected chi connectivity index (χ1v) is 16.7. The number of hydrogen-bond donors (Lipinski definition) is 1. The Morgan fingerprint density at radius 2 is 1.76 bits per heavy atom. The summed E-state index contributed by atoms with van der Waals surface area (Å²) in [5.41, 5.74) is 4.50. The van der Waals surface area contributed by atoms with Gasteiger partial charge in [-0.05, 0) is 119 Å². The highest BCUT2D eigenvalue weighted by molar-refractivity contribution is 5.94. The zero-order valence-electron chi connectivity index (χ0n) is 27.2. The van der Waals surface area contributed by atoms with Crippen molar-refractivity contribution in [1.82, 2.24) is 19.7 Å². The van der Waals surface area contributed by atoms with Crippen molar-refractivity contribution in [3.63, 3.8) is 0 Å². The standard InChI is InChI=1S/C36H47N5O4/c1-24(2)41-21-28(20-39-41)30-19-32(38-23-37-30)40(34(44)27-7-5-26(6-8-27)18-33(42)43)22-35-11-14-36(15-12-35,16-13-35)29-9-10-31(45-4)25(3)17-29/h9-10,17,19-21,23-24,26-27H,5-8,11-16,18,22H2,1-4H3,(H,42,43). The molecule has 0 spiro atoms. The van der Waals surface area contributed by atoms with E-state index in [1.165, 1.54) is 11.1 Å². The average Bonchev–Trinajstić information content (AvgIpc) is 3.56. The van der Waals surface area contributed by atoms with Crippen LogP contribution in [-0.4, -0.2) is 50.4 Å². The Hall–Kier alpha value is -3.75. The van der Waals surface area contributed by atoms with Crippen LogP contribution in [0.5, 0.6) is 5.75 Å². The second kappa shape index (κ2) is 12.6. The van der Waals surface area contributed by atoms with E-state index in [2.05, 4.69) is 54.0 Å². The molecule has 1 N–H and O–H groups in total. The maximum Gasteiger partial charge on any atom is 0.303 e. The smallest absolute Gasteiger partial charge is 0.303 e. The van der Waals surface area contributed by atoms with Crippen LogP contribution in [-0.2, 0) is 15.0 Å². The molecule has 4 aliphatic carbocycles. The number of carbonyl (C=O) groups excluding carboxylic acids is 1. The number of nitrogens with zero attached hydrogens (tertiary/aromatic N) is 5. The molecular formula is C36H47N5O4. The maximum absolute atomic E-state index is 14.4. The topological polar surface area (TPSA) is 110 Å². The van der Waals surface area contributed by atoms with Crippen LogP contribution in [0.25, 0.3) is 11.3 Å². The molecule has 240 valence electrons. The fourth-order valence-electron chi connectivity index (χ4n) is 8.24. The Morgan fingerprint density at radius 3 is 2.36 bits per heavy atom. The van der Waals surface area contributed by atoms with E-state index in [1.54, 1.807) is 13.4 Å². The molecule has 0 radical (unpaired) electrons. The van der Waals surface area contributed by atoms with Gasteiger partial charge < -0.3 is 9.84 Å². The van der Waals surface area contributed by atoms with Gasteiger partial charge in [-0.1, -0.05) is 12.1 Å². The summed E-state index contributed by atoms with van der Waals surface area (Å²) >= 11 is 0. The van der Waals surface area contributed by atoms with Gasteiger partial charge in [0.05, 0.1) is 19.0 Å². The lowest BCUT2D eigenvalue weighted by Crippen LogP contribution is -2.52. The number of aliphatic carboxylic acids is 1. The predicted molar refractivity (Wildman–Crippen MR) is 173 cm³/mol. The molecule has 3 aromatic rings. The van der Waals surface area contributed by atoms with Gasteiger partial charge in [-0.3, -0.25) is 19.2 Å². The van der Waals surface area contributed by atoms with Crippen LogP contribution < -0.4 is 9.64 Å². The summed E-state index contributed by atoms with van der Waals surface area (Å²) in [5, 5.41) is 13.8. The SMILES string of the molecule is COc1ccc(C23CCC(CN(C(=O)C4CCC(CC(=O)O)CC4)c4cc(-c5cnn(C(C)C)c5)ncn4)(CC2)CC3)cc1C. The van der Waals surface area contributed by atoms with Crippen molar-refractivity contribution in [2.24, 2.45) is 17.3 Å². The molecule has 9 nitrogen and oxygen atoms in total. The summed E-state index contributed by atoms with van der Waals surface area (Å²) in [7, 11) is 1.73. The van der Waals surface area contributed by atoms with Crippen LogP contribution in [0.1, 0.15) is 102 Å². The molecule has 2 bridgehead atoms. The fraction of sp³-hybridized carbons (Fsp3) is 0.583. The minimum Gasteiger partial charge on any atom is -0.496 e. The summed E-state index contributed by atoms with van der Waals surface area (Å²) in [6.07, 6.45) is 15.1. The Bertz CT molecular complexity index is 1520. The molecule has 9 heteroatoms. The molecule has 2 heterocycles. The van der Waals surface area contributed by atoms with Crippen molar-refractivity contribution in [2.45, 2.75) is 103 Å². The van der Waals surface area contributed by atoms with Gasteiger partial charge in [0.1, 0.15) is 17.9 Å². The number of ether oxygens (including phenoxy) is 1. The van der Waals surface area contributed by atoms with Gasteiger partial charge in [0, 0.05) is 42.8 Å². The minimum absolute atomic E-state index is 0.0487. The molecule has 4 fully saturated rings. The lowest BCUT2D eigenvalue weighted by molar-refractivity contribution is -0.138. The number of aryl methyl sites for hydroxylation is 1. The first kappa shape index (κ1) is 31.2. The second-order valence-electron chi connectivity index (χ2n) is 14.3. The number of hydrogen-bond acceptors (Lipinski definition) is 6. The summed E-state index contributed by atoms with van der Waals surface area (Å²) < 4.78 is 7.44. The van der Waals surface area contributed by atoms with E-state index in [4.69, 9.17) is 4.74 Å². The summed E-state index contributed by atoms with van der Waals surface area (Å²) in [6, 6.07) is 8.86. The number of benzene rings is 1. The first-order chi connectivity index (χ1) is 21.6. The molecular weight excluding hydrogens is 566 g/mol. The normalized spacial score (nSPS) is 26.2. The quantitative estimate of drug-likeness (QED) is 0.259. The molecule has 0 aliphatic heterocycles. The third-order valence-electron chi connectivity index (χ3n) is 11.2. The van der Waals surface area contributed by atoms with Crippen molar-refractivity contribution in [2.75, 3.05) is 18.6 Å². The van der Waals surface area contributed by atoms with Crippen LogP contribution in [0.2, 0.25) is 0 Å². The molecule has 0 unspecified atom stereocenters. The van der Waals surface area contributed by atoms with Crippen molar-refractivity contribution >= 4 is 17.7 Å². The molecule has 7 rings (SSSR count). The predicted octanol–water partition coefficient (Wildman–Crippen LogP) is 7.14. The van der Waals surface area contributed by atoms with Gasteiger partial charge in [0.25, 0.3) is 0 Å². The van der Waals surface area contributed by atoms with E-state index >= 15 is 0 Å². The van der Waals surface area contributed by atoms with Gasteiger partial charge in [-0.15, -0.1) is 0 Å². The van der Waals surface area contributed by atoms with E-state index in [9.17, 15) is 14.7 Å². The summed E-state index contributed by atoms with van der Waals surface area (Å²) in [5.74, 6) is 0.972. The van der Waals surface area contributed by atoms with E-state index in [1.807, 2.05) is 28.0 Å². The lowest BCUT2D eigenvalue weighted by atomic mass is 9.51. The first-order valence-electron chi connectivity index (χ1n) is 16.7. The third-order valence-corrected chi connectivity index (χ3v) is 11.2. The van der Waals surface area contributed by atoms with Crippen molar-refractivity contribution in [3.05, 3.63) is 54.1 Å². The Kier molecular flexibility index (Phi) is 8.72. The number of rotatable bonds is 10. The van der Waals surface area contributed by atoms with Crippen LogP contribution in [0.3, 0.4) is 0 Å². The zero-order chi connectivity index (χ0) is 31.8. The summed E-state index contributed by atoms with van der Waals surface area (Å²) in [6.45, 7) is 6.95. The summed E-state index contributed by atoms with van der Waals surface area (Å²) in [4.78, 5) is 36.9. The fourth-order valence-corrected chi connectivity index (χ4v) is 8.24. The second-order valence-corrected chi connectivity index (χ2v) is 14.3. The minimum atomic E-state index is -0.754. The van der Waals surface area contributed by atoms with Crippen molar-refractivity contribution in [3.8, 4) is 17.0 Å². The highest BCUT2D eigenvalue weighted by Crippen LogP contribution is 2.58. The molecule has 4 aliphatic rings. The largest absolute Gasteiger partial charge is 0.496 e. The zero-order valence-corrected chi connectivity index (χ0v) is 27.2. The van der Waals surface area contributed by atoms with E-state index in [0.717, 1.165) is 81.2 Å². The Morgan fingerprint density at radius 1 is 1.04 bits per heavy atom. The number of aromatic nitrogens is 4. The Labute approximate surface area is 266 Å². The van der Waals surface area contributed by atoms with Gasteiger partial charge in [-0.2, -0.15) is 5.10 Å². The van der Waals surface area contributed by atoms with Gasteiger partial charge in [0.15, 0.2) is 0 Å². The number of anilines is 1. The Balaban J connectivity index is 1.25. The number of carboxylic acid groups (broad SMARTS) is 1. The van der Waals surface area contributed by atoms with Crippen molar-refractivity contribution < 1.29 is 19.4 Å². The molecule has 1 aromatic carbocycles. The lowest BCUT2D eigenvalue weighted by Gasteiger charge is -2.55. The van der Waals surface area contributed by atoms with E-state index in [-0.39, 0.29) is 41.0 Å². The van der Waals surface area contributed by atoms with Crippen LogP contribution in [0, 0.1) is 24.2 Å². The van der Waals surface area contributed by atoms with Crippen molar-refractivity contribution in [1.29, 1.82) is 0 Å². The van der Waals surface area contributed by atoms with Gasteiger partial charge in [0.2, 0.25) is 5.91 Å². The van der Waals surface area contributed by atoms with E-state index in [0.29, 0.717) is 12.4 Å². The molecule has 0 saturated heterocycles. The number of fused-ring (bicyclic) bond motifs is 3. The molecule has 45 heavy (non-hydrogen) atoms. The highest BCUT2D eigenvalue weighted by atomic mass is 16.5. The van der Waals surface area contributed by atoms with Crippen LogP contribution in [0.4, 0.5) is 5.82 Å². The van der Waals surface area contributed by atoms with Gasteiger partial charge in [-0.25, -0.2) is 9.97 Å². The number of carbonyl (C=O) groups is 2. The van der Waals surface area contributed by atoms with Crippen LogP contribution in [0.15, 0.2) is 43.0 Å². The molecule has 4 saturated carbocycles. The number of amides is 1. The molecule has 1 amide bonds. The number of carboxylic acids is 1. The van der Waals surface area contributed by atoms with Crippen LogP contribution >= 0.6 is 0 Å². The molecule has 2 aromatic heterocycles. The van der Waals surface area contributed by atoms with Gasteiger partial charge >= 0.3 is 5.97 Å². The number of methoxy groups -OCH3 is 1. The maximum atomic E-state index is 14.4. The monoisotopic (exact) mass is 613 g/mol. The third kappa shape index (κ3) is 6.36. The highest BCUT2D eigenvalue weighted by Gasteiger charge is 2.51. The van der Waals surface area contributed by atoms with E-state index < -0.39 is 5.97 Å². The average molecular weight is 614 g/mol. The molecule has 0 atom stereocenters.